The molecule has 2 atom stereocenters. The van der Waals surface area contributed by atoms with Gasteiger partial charge in [-0.25, -0.2) is 9.97 Å². The van der Waals surface area contributed by atoms with Crippen LogP contribution in [0.1, 0.15) is 57.9 Å². The minimum Gasteiger partial charge on any atom is -0.338 e. The summed E-state index contributed by atoms with van der Waals surface area (Å²) in [7, 11) is 0. The van der Waals surface area contributed by atoms with Gasteiger partial charge in [0, 0.05) is 43.1 Å². The van der Waals surface area contributed by atoms with Crippen molar-refractivity contribution in [1.82, 2.24) is 15.3 Å². The summed E-state index contributed by atoms with van der Waals surface area (Å²) in [6.45, 7) is 6.30. The molecule has 4 nitrogen and oxygen atoms in total. The molecule has 2 aliphatic rings. The molecule has 116 valence electrons. The Hall–Kier alpha value is -1.16. The maximum absolute atomic E-state index is 4.65. The summed E-state index contributed by atoms with van der Waals surface area (Å²) < 4.78 is 0. The third kappa shape index (κ3) is 3.54. The fourth-order valence-corrected chi connectivity index (χ4v) is 3.78. The van der Waals surface area contributed by atoms with E-state index in [4.69, 9.17) is 0 Å². The van der Waals surface area contributed by atoms with Crippen LogP contribution in [0.3, 0.4) is 0 Å². The summed E-state index contributed by atoms with van der Waals surface area (Å²) in [4.78, 5) is 11.8. The molecule has 3 rings (SSSR count). The Balaban J connectivity index is 1.67. The molecule has 2 unspecified atom stereocenters. The lowest BCUT2D eigenvalue weighted by molar-refractivity contribution is 0.241. The molecule has 4 heteroatoms. The van der Waals surface area contributed by atoms with Gasteiger partial charge in [-0.2, -0.15) is 0 Å². The molecule has 0 bridgehead atoms. The second-order valence-corrected chi connectivity index (χ2v) is 6.87. The van der Waals surface area contributed by atoms with E-state index in [-0.39, 0.29) is 0 Å². The first kappa shape index (κ1) is 14.8. The van der Waals surface area contributed by atoms with Crippen molar-refractivity contribution in [3.63, 3.8) is 0 Å². The molecule has 1 aliphatic heterocycles. The largest absolute Gasteiger partial charge is 0.338 e. The Labute approximate surface area is 128 Å². The first-order valence-corrected chi connectivity index (χ1v) is 8.55. The van der Waals surface area contributed by atoms with Gasteiger partial charge < -0.3 is 10.2 Å². The maximum atomic E-state index is 4.65. The van der Waals surface area contributed by atoms with Gasteiger partial charge >= 0.3 is 0 Å². The van der Waals surface area contributed by atoms with Gasteiger partial charge in [-0.05, 0) is 31.6 Å². The van der Waals surface area contributed by atoms with E-state index in [0.717, 1.165) is 25.0 Å². The molecule has 0 amide bonds. The van der Waals surface area contributed by atoms with Crippen molar-refractivity contribution in [2.24, 2.45) is 5.92 Å². The summed E-state index contributed by atoms with van der Waals surface area (Å²) >= 11 is 0. The zero-order valence-corrected chi connectivity index (χ0v) is 13.4. The average molecular weight is 288 g/mol. The van der Waals surface area contributed by atoms with Gasteiger partial charge in [0.15, 0.2) is 0 Å². The lowest BCUT2D eigenvalue weighted by atomic mass is 9.78. The minimum atomic E-state index is 0.495. The quantitative estimate of drug-likeness (QED) is 0.924. The lowest BCUT2D eigenvalue weighted by Crippen LogP contribution is -2.47. The van der Waals surface area contributed by atoms with Crippen LogP contribution in [-0.2, 0) is 6.54 Å². The second kappa shape index (κ2) is 6.73. The molecule has 1 saturated carbocycles. The first-order valence-electron chi connectivity index (χ1n) is 8.55. The molecule has 2 heterocycles. The van der Waals surface area contributed by atoms with Crippen LogP contribution < -0.4 is 10.2 Å². The van der Waals surface area contributed by atoms with E-state index in [0.29, 0.717) is 12.1 Å². The van der Waals surface area contributed by atoms with Crippen LogP contribution in [0.5, 0.6) is 0 Å². The van der Waals surface area contributed by atoms with Crippen molar-refractivity contribution in [3.05, 3.63) is 18.0 Å². The number of piperidine rings is 1. The average Bonchev–Trinajstić information content (AvgIpc) is 2.53. The molecule has 1 aromatic heterocycles. The van der Waals surface area contributed by atoms with E-state index in [1.54, 1.807) is 0 Å². The zero-order chi connectivity index (χ0) is 14.7. The van der Waals surface area contributed by atoms with E-state index in [2.05, 4.69) is 34.0 Å². The molecule has 2 fully saturated rings. The Kier molecular flexibility index (Phi) is 4.73. The van der Waals surface area contributed by atoms with Gasteiger partial charge in [-0.3, -0.25) is 0 Å². The van der Waals surface area contributed by atoms with Crippen molar-refractivity contribution in [2.75, 3.05) is 11.4 Å². The minimum absolute atomic E-state index is 0.495. The van der Waals surface area contributed by atoms with Crippen molar-refractivity contribution in [2.45, 2.75) is 71.0 Å². The molecule has 21 heavy (non-hydrogen) atoms. The van der Waals surface area contributed by atoms with E-state index in [9.17, 15) is 0 Å². The molecule has 0 spiro atoms. The fraction of sp³-hybridized carbons (Fsp3) is 0.765. The van der Waals surface area contributed by atoms with Crippen molar-refractivity contribution in [1.29, 1.82) is 0 Å². The Morgan fingerprint density at radius 2 is 1.86 bits per heavy atom. The van der Waals surface area contributed by atoms with Crippen molar-refractivity contribution < 1.29 is 0 Å². The normalized spacial score (nSPS) is 26.0. The highest BCUT2D eigenvalue weighted by atomic mass is 15.3. The van der Waals surface area contributed by atoms with Crippen LogP contribution in [0.25, 0.3) is 0 Å². The maximum Gasteiger partial charge on any atom is 0.225 e. The second-order valence-electron chi connectivity index (χ2n) is 6.87. The molecule has 1 N–H and O–H groups in total. The van der Waals surface area contributed by atoms with Gasteiger partial charge in [0.1, 0.15) is 0 Å². The van der Waals surface area contributed by atoms with Crippen LogP contribution in [0, 0.1) is 5.92 Å². The zero-order valence-electron chi connectivity index (χ0n) is 13.4. The smallest absolute Gasteiger partial charge is 0.225 e. The third-order valence-electron chi connectivity index (χ3n) is 4.91. The summed E-state index contributed by atoms with van der Waals surface area (Å²) in [6.07, 6.45) is 12.2. The highest BCUT2D eigenvalue weighted by Gasteiger charge is 2.34. The molecule has 0 aromatic carbocycles. The molecule has 1 saturated heterocycles. The van der Waals surface area contributed by atoms with E-state index >= 15 is 0 Å². The van der Waals surface area contributed by atoms with Crippen LogP contribution in [0.15, 0.2) is 12.4 Å². The van der Waals surface area contributed by atoms with E-state index in [1.807, 2.05) is 12.4 Å². The number of rotatable bonds is 4. The van der Waals surface area contributed by atoms with Gasteiger partial charge in [-0.15, -0.1) is 0 Å². The van der Waals surface area contributed by atoms with Crippen molar-refractivity contribution in [3.8, 4) is 0 Å². The summed E-state index contributed by atoms with van der Waals surface area (Å²) in [5.74, 6) is 1.82. The Morgan fingerprint density at radius 1 is 1.14 bits per heavy atom. The number of hydrogen-bond donors (Lipinski definition) is 1. The number of anilines is 1. The van der Waals surface area contributed by atoms with Gasteiger partial charge in [-0.1, -0.05) is 26.7 Å². The highest BCUT2D eigenvalue weighted by Crippen LogP contribution is 2.36. The molecule has 1 aliphatic carbocycles. The lowest BCUT2D eigenvalue weighted by Gasteiger charge is -2.44. The van der Waals surface area contributed by atoms with Crippen LogP contribution in [0.4, 0.5) is 5.95 Å². The van der Waals surface area contributed by atoms with Crippen LogP contribution in [-0.4, -0.2) is 28.6 Å². The third-order valence-corrected chi connectivity index (χ3v) is 4.91. The highest BCUT2D eigenvalue weighted by molar-refractivity contribution is 5.33. The van der Waals surface area contributed by atoms with E-state index in [1.165, 1.54) is 44.1 Å². The standard InChI is InChI=1S/C17H28N4/c1-13(2)18-10-14-11-19-17(20-12-14)21-9-5-7-15-6-3-4-8-16(15)21/h11-13,15-16,18H,3-10H2,1-2H3. The van der Waals surface area contributed by atoms with Crippen LogP contribution in [0.2, 0.25) is 0 Å². The molecule has 1 aromatic rings. The monoisotopic (exact) mass is 288 g/mol. The van der Waals surface area contributed by atoms with E-state index < -0.39 is 0 Å². The summed E-state index contributed by atoms with van der Waals surface area (Å²) in [5.41, 5.74) is 1.17. The van der Waals surface area contributed by atoms with Crippen LogP contribution >= 0.6 is 0 Å². The summed E-state index contributed by atoms with van der Waals surface area (Å²) in [5, 5.41) is 3.41. The van der Waals surface area contributed by atoms with Gasteiger partial charge in [0.2, 0.25) is 5.95 Å². The first-order chi connectivity index (χ1) is 10.2. The number of aromatic nitrogens is 2. The topological polar surface area (TPSA) is 41.1 Å². The van der Waals surface area contributed by atoms with Crippen molar-refractivity contribution >= 4 is 5.95 Å². The molecular formula is C17H28N4. The van der Waals surface area contributed by atoms with Gasteiger partial charge in [0.25, 0.3) is 0 Å². The number of fused-ring (bicyclic) bond motifs is 1. The Bertz CT molecular complexity index is 441. The number of hydrogen-bond acceptors (Lipinski definition) is 4. The fourth-order valence-electron chi connectivity index (χ4n) is 3.78. The number of nitrogens with zero attached hydrogens (tertiary/aromatic N) is 3. The predicted octanol–water partition coefficient (Wildman–Crippen LogP) is 3.13. The number of nitrogens with one attached hydrogen (secondary N) is 1. The Morgan fingerprint density at radius 3 is 2.62 bits per heavy atom. The van der Waals surface area contributed by atoms with Gasteiger partial charge in [0.05, 0.1) is 0 Å². The summed E-state index contributed by atoms with van der Waals surface area (Å²) in [6, 6.07) is 1.18. The predicted molar refractivity (Wildman–Crippen MR) is 86.3 cm³/mol. The SMILES string of the molecule is CC(C)NCc1cnc(N2CCCC3CCCCC32)nc1. The molecule has 0 radical (unpaired) electrons. The molecular weight excluding hydrogens is 260 g/mol.